The molecule has 4 rings (SSSR count). The van der Waals surface area contributed by atoms with E-state index in [1.807, 2.05) is 17.0 Å². The number of piperazine rings is 1. The van der Waals surface area contributed by atoms with E-state index in [9.17, 15) is 18.0 Å². The molecule has 1 amide bonds. The third-order valence-corrected chi connectivity index (χ3v) is 5.72. The van der Waals surface area contributed by atoms with E-state index in [-0.39, 0.29) is 5.91 Å². The number of aromatic nitrogens is 1. The monoisotopic (exact) mass is 405 g/mol. The van der Waals surface area contributed by atoms with Crippen molar-refractivity contribution in [2.45, 2.75) is 12.7 Å². The third-order valence-electron chi connectivity index (χ3n) is 4.93. The van der Waals surface area contributed by atoms with Crippen LogP contribution in [0.15, 0.2) is 48.0 Å². The molecule has 3 aromatic rings. The van der Waals surface area contributed by atoms with Crippen LogP contribution in [0.1, 0.15) is 21.5 Å². The zero-order valence-electron chi connectivity index (χ0n) is 14.9. The molecule has 1 saturated heterocycles. The van der Waals surface area contributed by atoms with Crippen LogP contribution in [-0.2, 0) is 12.7 Å². The Morgan fingerprint density at radius 3 is 2.43 bits per heavy atom. The summed E-state index contributed by atoms with van der Waals surface area (Å²) in [5.74, 6) is 0.00415. The summed E-state index contributed by atoms with van der Waals surface area (Å²) in [6.07, 6.45) is -4.31. The van der Waals surface area contributed by atoms with Crippen LogP contribution in [-0.4, -0.2) is 46.9 Å². The van der Waals surface area contributed by atoms with Crippen LogP contribution in [0.4, 0.5) is 13.2 Å². The van der Waals surface area contributed by atoms with Crippen LogP contribution in [0.25, 0.3) is 10.2 Å². The average molecular weight is 405 g/mol. The Kier molecular flexibility index (Phi) is 5.07. The van der Waals surface area contributed by atoms with Crippen molar-refractivity contribution >= 4 is 27.5 Å². The van der Waals surface area contributed by atoms with Crippen LogP contribution >= 0.6 is 11.3 Å². The number of alkyl halides is 3. The van der Waals surface area contributed by atoms with E-state index in [2.05, 4.69) is 9.88 Å². The molecule has 0 bridgehead atoms. The molecule has 8 heteroatoms. The average Bonchev–Trinajstić information content (AvgIpc) is 3.15. The van der Waals surface area contributed by atoms with Gasteiger partial charge in [-0.15, -0.1) is 11.3 Å². The summed E-state index contributed by atoms with van der Waals surface area (Å²) in [5.41, 5.74) is 3.52. The van der Waals surface area contributed by atoms with Crippen molar-refractivity contribution in [3.05, 3.63) is 64.7 Å². The number of halogens is 3. The highest BCUT2D eigenvalue weighted by Gasteiger charge is 2.30. The van der Waals surface area contributed by atoms with E-state index in [0.717, 1.165) is 27.9 Å². The largest absolute Gasteiger partial charge is 0.416 e. The lowest BCUT2D eigenvalue weighted by molar-refractivity contribution is -0.137. The summed E-state index contributed by atoms with van der Waals surface area (Å²) in [5, 5.41) is 0. The van der Waals surface area contributed by atoms with Gasteiger partial charge >= 0.3 is 6.18 Å². The lowest BCUT2D eigenvalue weighted by atomic mass is 10.1. The van der Waals surface area contributed by atoms with Gasteiger partial charge < -0.3 is 4.90 Å². The number of carbonyl (C=O) groups excluding carboxylic acids is 1. The Bertz CT molecular complexity index is 976. The molecule has 1 aliphatic heterocycles. The van der Waals surface area contributed by atoms with E-state index in [1.54, 1.807) is 11.6 Å². The summed E-state index contributed by atoms with van der Waals surface area (Å²) in [4.78, 5) is 20.9. The zero-order valence-corrected chi connectivity index (χ0v) is 15.8. The standard InChI is InChI=1S/C20H18F3N3OS/c21-20(22,23)16-4-1-14(2-5-16)12-25-7-9-26(10-8-25)19(27)15-3-6-17-18(11-15)28-13-24-17/h1-6,11,13H,7-10,12H2. The first-order chi connectivity index (χ1) is 13.4. The molecule has 0 unspecified atom stereocenters. The fourth-order valence-electron chi connectivity index (χ4n) is 3.34. The molecule has 1 aliphatic rings. The summed E-state index contributed by atoms with van der Waals surface area (Å²) < 4.78 is 39.0. The van der Waals surface area contributed by atoms with E-state index < -0.39 is 11.7 Å². The van der Waals surface area contributed by atoms with Gasteiger partial charge in [-0.3, -0.25) is 9.69 Å². The van der Waals surface area contributed by atoms with E-state index in [1.165, 1.54) is 23.5 Å². The molecule has 1 fully saturated rings. The topological polar surface area (TPSA) is 36.4 Å². The SMILES string of the molecule is O=C(c1ccc2ncsc2c1)N1CCN(Cc2ccc(C(F)(F)F)cc2)CC1. The Morgan fingerprint density at radius 1 is 1.04 bits per heavy atom. The first-order valence-electron chi connectivity index (χ1n) is 8.91. The number of amides is 1. The van der Waals surface area contributed by atoms with E-state index in [4.69, 9.17) is 0 Å². The van der Waals surface area contributed by atoms with E-state index in [0.29, 0.717) is 38.3 Å². The summed E-state index contributed by atoms with van der Waals surface area (Å²) in [7, 11) is 0. The number of fused-ring (bicyclic) bond motifs is 1. The van der Waals surface area contributed by atoms with Crippen LogP contribution < -0.4 is 0 Å². The Hall–Kier alpha value is -2.45. The number of hydrogen-bond donors (Lipinski definition) is 0. The molecular weight excluding hydrogens is 387 g/mol. The van der Waals surface area contributed by atoms with Gasteiger partial charge in [-0.05, 0) is 35.9 Å². The maximum atomic E-state index is 12.7. The first-order valence-corrected chi connectivity index (χ1v) is 9.79. The minimum Gasteiger partial charge on any atom is -0.336 e. The predicted octanol–water partition coefficient (Wildman–Crippen LogP) is 4.27. The number of benzene rings is 2. The van der Waals surface area contributed by atoms with Gasteiger partial charge in [0.1, 0.15) is 0 Å². The fourth-order valence-corrected chi connectivity index (χ4v) is 4.05. The number of thiazole rings is 1. The van der Waals surface area contributed by atoms with E-state index >= 15 is 0 Å². The van der Waals surface area contributed by atoms with Crippen molar-refractivity contribution in [2.75, 3.05) is 26.2 Å². The van der Waals surface area contributed by atoms with Gasteiger partial charge in [0.25, 0.3) is 5.91 Å². The predicted molar refractivity (Wildman–Crippen MR) is 102 cm³/mol. The third kappa shape index (κ3) is 4.02. The molecule has 2 aromatic carbocycles. The molecule has 28 heavy (non-hydrogen) atoms. The molecule has 0 N–H and O–H groups in total. The first kappa shape index (κ1) is 18.9. The Labute approximate surface area is 164 Å². The fraction of sp³-hybridized carbons (Fsp3) is 0.300. The molecule has 0 spiro atoms. The van der Waals surface area contributed by atoms with Crippen molar-refractivity contribution in [2.24, 2.45) is 0 Å². The van der Waals surface area contributed by atoms with Crippen molar-refractivity contribution in [3.63, 3.8) is 0 Å². The number of hydrogen-bond acceptors (Lipinski definition) is 4. The van der Waals surface area contributed by atoms with Crippen molar-refractivity contribution in [1.29, 1.82) is 0 Å². The summed E-state index contributed by atoms with van der Waals surface area (Å²) in [6.45, 7) is 3.15. The summed E-state index contributed by atoms with van der Waals surface area (Å²) >= 11 is 1.51. The second-order valence-electron chi connectivity index (χ2n) is 6.80. The van der Waals surface area contributed by atoms with Gasteiger partial charge in [-0.25, -0.2) is 4.98 Å². The normalized spacial score (nSPS) is 15.9. The van der Waals surface area contributed by atoms with Gasteiger partial charge in [-0.2, -0.15) is 13.2 Å². The van der Waals surface area contributed by atoms with Gasteiger partial charge in [0.15, 0.2) is 0 Å². The van der Waals surface area contributed by atoms with Crippen molar-refractivity contribution in [3.8, 4) is 0 Å². The molecule has 0 saturated carbocycles. The molecule has 1 aromatic heterocycles. The second kappa shape index (κ2) is 7.52. The lowest BCUT2D eigenvalue weighted by Gasteiger charge is -2.34. The maximum absolute atomic E-state index is 12.7. The molecular formula is C20H18F3N3OS. The van der Waals surface area contributed by atoms with Gasteiger partial charge in [0.05, 0.1) is 21.3 Å². The number of rotatable bonds is 3. The van der Waals surface area contributed by atoms with Gasteiger partial charge in [-0.1, -0.05) is 12.1 Å². The maximum Gasteiger partial charge on any atom is 0.416 e. The molecule has 146 valence electrons. The summed E-state index contributed by atoms with van der Waals surface area (Å²) in [6, 6.07) is 10.8. The highest BCUT2D eigenvalue weighted by atomic mass is 32.1. The lowest BCUT2D eigenvalue weighted by Crippen LogP contribution is -2.48. The Balaban J connectivity index is 1.34. The zero-order chi connectivity index (χ0) is 19.7. The second-order valence-corrected chi connectivity index (χ2v) is 7.68. The highest BCUT2D eigenvalue weighted by Crippen LogP contribution is 2.29. The van der Waals surface area contributed by atoms with Gasteiger partial charge in [0.2, 0.25) is 0 Å². The quantitative estimate of drug-likeness (QED) is 0.653. The van der Waals surface area contributed by atoms with Crippen molar-refractivity contribution < 1.29 is 18.0 Å². The highest BCUT2D eigenvalue weighted by molar-refractivity contribution is 7.16. The van der Waals surface area contributed by atoms with Crippen LogP contribution in [0.3, 0.4) is 0 Å². The van der Waals surface area contributed by atoms with Crippen LogP contribution in [0, 0.1) is 0 Å². The molecule has 0 atom stereocenters. The van der Waals surface area contributed by atoms with Crippen LogP contribution in [0.2, 0.25) is 0 Å². The molecule has 0 radical (unpaired) electrons. The molecule has 2 heterocycles. The number of carbonyl (C=O) groups is 1. The van der Waals surface area contributed by atoms with Crippen LogP contribution in [0.5, 0.6) is 0 Å². The number of nitrogens with zero attached hydrogens (tertiary/aromatic N) is 3. The smallest absolute Gasteiger partial charge is 0.336 e. The molecule has 4 nitrogen and oxygen atoms in total. The van der Waals surface area contributed by atoms with Crippen molar-refractivity contribution in [1.82, 2.24) is 14.8 Å². The minimum atomic E-state index is -4.31. The molecule has 0 aliphatic carbocycles. The minimum absolute atomic E-state index is 0.00415. The van der Waals surface area contributed by atoms with Gasteiger partial charge in [0, 0.05) is 38.3 Å². The Morgan fingerprint density at radius 2 is 1.75 bits per heavy atom.